The number of rotatable bonds is 4. The Morgan fingerprint density at radius 1 is 0.870 bits per heavy atom. The predicted molar refractivity (Wildman–Crippen MR) is 101 cm³/mol. The summed E-state index contributed by atoms with van der Waals surface area (Å²) in [4.78, 5) is 0. The van der Waals surface area contributed by atoms with Crippen molar-refractivity contribution in [1.29, 1.82) is 0 Å². The molecule has 1 saturated carbocycles. The number of allylic oxidation sites excluding steroid dienone is 2. The molecule has 0 N–H and O–H groups in total. The van der Waals surface area contributed by atoms with Gasteiger partial charge in [0.2, 0.25) is 0 Å². The van der Waals surface area contributed by atoms with E-state index in [4.69, 9.17) is 7.85 Å². The molecular weight excluding hydrogens is 275 g/mol. The lowest BCUT2D eigenvalue weighted by Gasteiger charge is -2.27. The van der Waals surface area contributed by atoms with Crippen LogP contribution >= 0.6 is 0 Å². The maximum absolute atomic E-state index is 5.67. The van der Waals surface area contributed by atoms with E-state index in [1.807, 2.05) is 0 Å². The fraction of sp³-hybridized carbons (Fsp3) is 0.364. The van der Waals surface area contributed by atoms with Gasteiger partial charge in [-0.15, -0.1) is 0 Å². The van der Waals surface area contributed by atoms with Crippen LogP contribution in [0.3, 0.4) is 0 Å². The van der Waals surface area contributed by atoms with Crippen LogP contribution in [0.2, 0.25) is 0 Å². The monoisotopic (exact) mass is 300 g/mol. The van der Waals surface area contributed by atoms with Crippen LogP contribution in [0.5, 0.6) is 0 Å². The van der Waals surface area contributed by atoms with Crippen molar-refractivity contribution in [2.75, 3.05) is 0 Å². The van der Waals surface area contributed by atoms with Crippen molar-refractivity contribution in [3.63, 3.8) is 0 Å². The normalized spacial score (nSPS) is 21.6. The van der Waals surface area contributed by atoms with Crippen LogP contribution < -0.4 is 0 Å². The lowest BCUT2D eigenvalue weighted by molar-refractivity contribution is 0.376. The van der Waals surface area contributed by atoms with Crippen LogP contribution in [0.15, 0.2) is 60.7 Å². The molecule has 1 heteroatoms. The van der Waals surface area contributed by atoms with E-state index >= 15 is 0 Å². The molecule has 0 aromatic heterocycles. The van der Waals surface area contributed by atoms with Crippen molar-refractivity contribution in [3.8, 4) is 11.1 Å². The van der Waals surface area contributed by atoms with Crippen molar-refractivity contribution in [1.82, 2.24) is 0 Å². The molecular formula is C22H25B. The fourth-order valence-electron chi connectivity index (χ4n) is 3.70. The smallest absolute Gasteiger partial charge is 0.0716 e. The molecule has 0 unspecified atom stereocenters. The zero-order valence-electron chi connectivity index (χ0n) is 14.0. The lowest BCUT2D eigenvalue weighted by Crippen LogP contribution is -2.11. The summed E-state index contributed by atoms with van der Waals surface area (Å²) >= 11 is 0. The summed E-state index contributed by atoms with van der Waals surface area (Å²) < 4.78 is 0. The second kappa shape index (κ2) is 7.68. The molecule has 0 amide bonds. The molecule has 2 aromatic carbocycles. The van der Waals surface area contributed by atoms with Gasteiger partial charge >= 0.3 is 0 Å². The third-order valence-corrected chi connectivity index (χ3v) is 5.14. The first-order valence-corrected chi connectivity index (χ1v) is 8.82. The van der Waals surface area contributed by atoms with Gasteiger partial charge in [-0.2, -0.15) is 0 Å². The van der Waals surface area contributed by atoms with E-state index < -0.39 is 0 Å². The van der Waals surface area contributed by atoms with Gasteiger partial charge in [0.25, 0.3) is 0 Å². The third-order valence-electron chi connectivity index (χ3n) is 5.14. The number of hydrogen-bond donors (Lipinski definition) is 0. The van der Waals surface area contributed by atoms with Gasteiger partial charge in [-0.1, -0.05) is 72.6 Å². The van der Waals surface area contributed by atoms with Gasteiger partial charge in [-0.05, 0) is 61.1 Å². The maximum Gasteiger partial charge on any atom is 0.0716 e. The van der Waals surface area contributed by atoms with Crippen molar-refractivity contribution < 1.29 is 0 Å². The summed E-state index contributed by atoms with van der Waals surface area (Å²) in [6.07, 6.45) is 10.5. The molecule has 116 valence electrons. The number of benzene rings is 2. The highest BCUT2D eigenvalue weighted by atomic mass is 14.3. The van der Waals surface area contributed by atoms with E-state index in [0.29, 0.717) is 6.32 Å². The Morgan fingerprint density at radius 3 is 1.96 bits per heavy atom. The molecule has 3 rings (SSSR count). The van der Waals surface area contributed by atoms with Crippen LogP contribution in [-0.4, -0.2) is 7.85 Å². The first-order chi connectivity index (χ1) is 11.3. The molecule has 1 aliphatic carbocycles. The van der Waals surface area contributed by atoms with Crippen molar-refractivity contribution in [3.05, 3.63) is 71.8 Å². The average Bonchev–Trinajstić information content (AvgIpc) is 2.63. The summed E-state index contributed by atoms with van der Waals surface area (Å²) in [6, 6.07) is 17.8. The van der Waals surface area contributed by atoms with Gasteiger partial charge in [-0.25, -0.2) is 0 Å². The Kier molecular flexibility index (Phi) is 5.38. The topological polar surface area (TPSA) is 0 Å². The molecule has 1 fully saturated rings. The Labute approximate surface area is 142 Å². The summed E-state index contributed by atoms with van der Waals surface area (Å²) in [5.74, 6) is 1.54. The van der Waals surface area contributed by atoms with Gasteiger partial charge in [0.05, 0.1) is 7.85 Å². The molecule has 0 bridgehead atoms. The third kappa shape index (κ3) is 3.96. The van der Waals surface area contributed by atoms with E-state index in [-0.39, 0.29) is 0 Å². The molecule has 0 aliphatic heterocycles. The Bertz CT molecular complexity index is 629. The van der Waals surface area contributed by atoms with Crippen molar-refractivity contribution >= 4 is 7.85 Å². The minimum absolute atomic E-state index is 0.606. The zero-order valence-corrected chi connectivity index (χ0v) is 14.0. The fourth-order valence-corrected chi connectivity index (χ4v) is 3.70. The van der Waals surface area contributed by atoms with E-state index in [1.54, 1.807) is 0 Å². The molecule has 0 spiro atoms. The zero-order chi connectivity index (χ0) is 16.1. The van der Waals surface area contributed by atoms with Crippen LogP contribution in [0, 0.1) is 5.92 Å². The second-order valence-electron chi connectivity index (χ2n) is 6.66. The lowest BCUT2D eigenvalue weighted by atomic mass is 9.78. The molecule has 0 nitrogen and oxygen atoms in total. The summed E-state index contributed by atoms with van der Waals surface area (Å²) in [5, 5.41) is 0. The SMILES string of the molecule is [B]Cc1ccc(-c2ccc(C3CCC(/C=C/C)CC3)cc2)cc1. The van der Waals surface area contributed by atoms with Crippen LogP contribution in [0.4, 0.5) is 0 Å². The molecule has 0 heterocycles. The van der Waals surface area contributed by atoms with Crippen LogP contribution in [0.25, 0.3) is 11.1 Å². The predicted octanol–water partition coefficient (Wildman–Crippen LogP) is 5.87. The molecule has 23 heavy (non-hydrogen) atoms. The summed E-state index contributed by atoms with van der Waals surface area (Å²) in [5.41, 5.74) is 5.25. The highest BCUT2D eigenvalue weighted by Gasteiger charge is 2.20. The molecule has 0 atom stereocenters. The maximum atomic E-state index is 5.67. The Morgan fingerprint density at radius 2 is 1.43 bits per heavy atom. The van der Waals surface area contributed by atoms with E-state index in [1.165, 1.54) is 47.9 Å². The summed E-state index contributed by atoms with van der Waals surface area (Å²) in [6.45, 7) is 2.13. The summed E-state index contributed by atoms with van der Waals surface area (Å²) in [7, 11) is 5.67. The Hall–Kier alpha value is -1.76. The quantitative estimate of drug-likeness (QED) is 0.489. The largest absolute Gasteiger partial charge is 0.0914 e. The molecule has 2 aromatic rings. The molecule has 2 radical (unpaired) electrons. The highest BCUT2D eigenvalue weighted by Crippen LogP contribution is 2.36. The highest BCUT2D eigenvalue weighted by molar-refractivity contribution is 6.08. The minimum Gasteiger partial charge on any atom is -0.0914 e. The van der Waals surface area contributed by atoms with Crippen molar-refractivity contribution in [2.45, 2.75) is 44.8 Å². The van der Waals surface area contributed by atoms with Crippen LogP contribution in [0.1, 0.15) is 49.7 Å². The van der Waals surface area contributed by atoms with E-state index in [0.717, 1.165) is 11.8 Å². The molecule has 0 saturated heterocycles. The van der Waals surface area contributed by atoms with Gasteiger partial charge in [0, 0.05) is 0 Å². The van der Waals surface area contributed by atoms with Gasteiger partial charge < -0.3 is 0 Å². The first-order valence-electron chi connectivity index (χ1n) is 8.82. The van der Waals surface area contributed by atoms with E-state index in [9.17, 15) is 0 Å². The van der Waals surface area contributed by atoms with Gasteiger partial charge in [0.15, 0.2) is 0 Å². The van der Waals surface area contributed by atoms with Gasteiger partial charge in [-0.3, -0.25) is 0 Å². The van der Waals surface area contributed by atoms with E-state index in [2.05, 4.69) is 67.6 Å². The second-order valence-corrected chi connectivity index (χ2v) is 6.66. The Balaban J connectivity index is 1.67. The van der Waals surface area contributed by atoms with Crippen LogP contribution in [-0.2, 0) is 6.32 Å². The number of hydrogen-bond acceptors (Lipinski definition) is 0. The average molecular weight is 300 g/mol. The van der Waals surface area contributed by atoms with Gasteiger partial charge in [0.1, 0.15) is 0 Å². The van der Waals surface area contributed by atoms with Crippen molar-refractivity contribution in [2.24, 2.45) is 5.92 Å². The minimum atomic E-state index is 0.606. The molecule has 1 aliphatic rings. The standard InChI is InChI=1S/C22H25B/c1-2-3-17-4-8-19(9-5-17)21-12-14-22(15-13-21)20-10-6-18(16-23)7-11-20/h2-3,6-7,10-15,17,19H,4-5,8-9,16H2,1H3/b3-2+. The first kappa shape index (κ1) is 16.1.